The summed E-state index contributed by atoms with van der Waals surface area (Å²) in [4.78, 5) is 11.5. The molecule has 3 unspecified atom stereocenters. The SMILES string of the molecule is CCOC(=O)C1NC2CCC1C(F)(F)C2. The molecule has 0 aromatic heterocycles. The first kappa shape index (κ1) is 10.8. The van der Waals surface area contributed by atoms with Crippen molar-refractivity contribution in [2.24, 2.45) is 5.92 Å². The van der Waals surface area contributed by atoms with Crippen molar-refractivity contribution in [3.05, 3.63) is 0 Å². The largest absolute Gasteiger partial charge is 0.465 e. The molecule has 3 nitrogen and oxygen atoms in total. The van der Waals surface area contributed by atoms with E-state index in [1.807, 2.05) is 0 Å². The lowest BCUT2D eigenvalue weighted by molar-refractivity contribution is -0.170. The molecule has 0 spiro atoms. The second-order valence-corrected chi connectivity index (χ2v) is 4.24. The van der Waals surface area contributed by atoms with Crippen LogP contribution in [0.25, 0.3) is 0 Å². The highest BCUT2D eigenvalue weighted by Crippen LogP contribution is 2.44. The van der Waals surface area contributed by atoms with E-state index in [4.69, 9.17) is 4.74 Å². The fourth-order valence-corrected chi connectivity index (χ4v) is 2.56. The first-order valence-electron chi connectivity index (χ1n) is 5.35. The summed E-state index contributed by atoms with van der Waals surface area (Å²) in [5.74, 6) is -4.14. The average Bonchev–Trinajstić information content (AvgIpc) is 2.16. The summed E-state index contributed by atoms with van der Waals surface area (Å²) in [6, 6.07) is -1.05. The van der Waals surface area contributed by atoms with Gasteiger partial charge < -0.3 is 10.1 Å². The number of piperidine rings is 2. The molecule has 3 atom stereocenters. The van der Waals surface area contributed by atoms with Gasteiger partial charge in [0.1, 0.15) is 6.04 Å². The third-order valence-corrected chi connectivity index (χ3v) is 3.25. The molecule has 1 N–H and O–H groups in total. The summed E-state index contributed by atoms with van der Waals surface area (Å²) >= 11 is 0. The van der Waals surface area contributed by atoms with Gasteiger partial charge in [0.05, 0.1) is 6.61 Å². The molecule has 2 heterocycles. The van der Waals surface area contributed by atoms with Crippen LogP contribution in [0, 0.1) is 5.92 Å². The standard InChI is InChI=1S/C10H15F2NO2/c1-2-15-9(14)8-7-4-3-6(13-8)5-10(7,11)12/h6-8,13H,2-5H2,1H3. The van der Waals surface area contributed by atoms with E-state index in [9.17, 15) is 13.6 Å². The van der Waals surface area contributed by atoms with Crippen LogP contribution in [0.1, 0.15) is 26.2 Å². The molecular formula is C10H15F2NO2. The molecule has 1 saturated carbocycles. The lowest BCUT2D eigenvalue weighted by Gasteiger charge is -2.46. The van der Waals surface area contributed by atoms with Gasteiger partial charge in [0.15, 0.2) is 0 Å². The molecule has 3 fully saturated rings. The Kier molecular flexibility index (Phi) is 2.66. The third-order valence-electron chi connectivity index (χ3n) is 3.25. The van der Waals surface area contributed by atoms with Gasteiger partial charge in [0, 0.05) is 18.4 Å². The minimum atomic E-state index is -2.72. The number of rotatable bonds is 2. The number of ether oxygens (including phenoxy) is 1. The van der Waals surface area contributed by atoms with Gasteiger partial charge in [0.25, 0.3) is 5.92 Å². The van der Waals surface area contributed by atoms with E-state index in [-0.39, 0.29) is 19.1 Å². The number of alkyl halides is 2. The molecule has 0 amide bonds. The summed E-state index contributed by atoms with van der Waals surface area (Å²) in [7, 11) is 0. The zero-order chi connectivity index (χ0) is 11.1. The summed E-state index contributed by atoms with van der Waals surface area (Å²) in [5, 5.41) is 2.94. The van der Waals surface area contributed by atoms with Gasteiger partial charge in [0.2, 0.25) is 0 Å². The van der Waals surface area contributed by atoms with Crippen LogP contribution in [0.5, 0.6) is 0 Å². The van der Waals surface area contributed by atoms with E-state index in [2.05, 4.69) is 5.32 Å². The maximum Gasteiger partial charge on any atom is 0.323 e. The first-order valence-corrected chi connectivity index (χ1v) is 5.35. The van der Waals surface area contributed by atoms with Crippen molar-refractivity contribution in [2.45, 2.75) is 44.2 Å². The molecule has 2 aliphatic heterocycles. The van der Waals surface area contributed by atoms with Gasteiger partial charge in [-0.2, -0.15) is 0 Å². The normalized spacial score (nSPS) is 37.7. The van der Waals surface area contributed by atoms with E-state index in [1.165, 1.54) is 0 Å². The van der Waals surface area contributed by atoms with Crippen LogP contribution >= 0.6 is 0 Å². The van der Waals surface area contributed by atoms with Gasteiger partial charge in [-0.1, -0.05) is 0 Å². The highest BCUT2D eigenvalue weighted by atomic mass is 19.3. The summed E-state index contributed by atoms with van der Waals surface area (Å²) in [5.41, 5.74) is 0. The van der Waals surface area contributed by atoms with Crippen LogP contribution in [0.2, 0.25) is 0 Å². The van der Waals surface area contributed by atoms with E-state index >= 15 is 0 Å². The highest BCUT2D eigenvalue weighted by Gasteiger charge is 2.55. The van der Waals surface area contributed by atoms with Crippen molar-refractivity contribution in [2.75, 3.05) is 6.61 Å². The number of carbonyl (C=O) groups excluding carboxylic acids is 1. The van der Waals surface area contributed by atoms with Gasteiger partial charge in [-0.25, -0.2) is 8.78 Å². The Bertz CT molecular complexity index is 270. The Balaban J connectivity index is 2.11. The van der Waals surface area contributed by atoms with Gasteiger partial charge in [-0.05, 0) is 19.8 Å². The van der Waals surface area contributed by atoms with Crippen LogP contribution in [-0.2, 0) is 9.53 Å². The zero-order valence-corrected chi connectivity index (χ0v) is 8.63. The molecule has 0 radical (unpaired) electrons. The van der Waals surface area contributed by atoms with Crippen molar-refractivity contribution in [3.8, 4) is 0 Å². The van der Waals surface area contributed by atoms with E-state index in [1.54, 1.807) is 6.92 Å². The van der Waals surface area contributed by atoms with E-state index in [0.717, 1.165) is 6.42 Å². The van der Waals surface area contributed by atoms with Gasteiger partial charge in [-0.15, -0.1) is 0 Å². The molecule has 1 aliphatic carbocycles. The minimum Gasteiger partial charge on any atom is -0.465 e. The maximum absolute atomic E-state index is 13.5. The molecule has 2 bridgehead atoms. The van der Waals surface area contributed by atoms with Crippen molar-refractivity contribution in [3.63, 3.8) is 0 Å². The van der Waals surface area contributed by atoms with Crippen LogP contribution in [0.15, 0.2) is 0 Å². The van der Waals surface area contributed by atoms with Crippen molar-refractivity contribution >= 4 is 5.97 Å². The monoisotopic (exact) mass is 219 g/mol. The Morgan fingerprint density at radius 2 is 2.27 bits per heavy atom. The number of hydrogen-bond acceptors (Lipinski definition) is 3. The summed E-state index contributed by atoms with van der Waals surface area (Å²) in [6.45, 7) is 1.91. The van der Waals surface area contributed by atoms with Crippen LogP contribution in [-0.4, -0.2) is 30.6 Å². The van der Waals surface area contributed by atoms with Crippen molar-refractivity contribution in [1.82, 2.24) is 5.32 Å². The second-order valence-electron chi connectivity index (χ2n) is 4.24. The van der Waals surface area contributed by atoms with Crippen LogP contribution in [0.4, 0.5) is 8.78 Å². The predicted molar refractivity (Wildman–Crippen MR) is 49.6 cm³/mol. The van der Waals surface area contributed by atoms with Crippen molar-refractivity contribution in [1.29, 1.82) is 0 Å². The third kappa shape index (κ3) is 1.85. The molecular weight excluding hydrogens is 204 g/mol. The Morgan fingerprint density at radius 3 is 2.80 bits per heavy atom. The molecule has 3 aliphatic rings. The number of carbonyl (C=O) groups is 1. The number of halogens is 2. The summed E-state index contributed by atoms with van der Waals surface area (Å²) < 4.78 is 31.8. The lowest BCUT2D eigenvalue weighted by atomic mass is 9.73. The Hall–Kier alpha value is -0.710. The molecule has 5 heteroatoms. The number of fused-ring (bicyclic) bond motifs is 3. The molecule has 0 aromatic carbocycles. The fourth-order valence-electron chi connectivity index (χ4n) is 2.56. The lowest BCUT2D eigenvalue weighted by Crippen LogP contribution is -2.63. The number of nitrogens with one attached hydrogen (secondary N) is 1. The topological polar surface area (TPSA) is 38.3 Å². The van der Waals surface area contributed by atoms with E-state index < -0.39 is 23.9 Å². The van der Waals surface area contributed by atoms with Gasteiger partial charge in [-0.3, -0.25) is 4.79 Å². The fraction of sp³-hybridized carbons (Fsp3) is 0.900. The van der Waals surface area contributed by atoms with Crippen LogP contribution < -0.4 is 5.32 Å². The molecule has 86 valence electrons. The average molecular weight is 219 g/mol. The van der Waals surface area contributed by atoms with Crippen LogP contribution in [0.3, 0.4) is 0 Å². The molecule has 15 heavy (non-hydrogen) atoms. The summed E-state index contributed by atoms with van der Waals surface area (Å²) in [6.07, 6.45) is 0.998. The number of esters is 1. The van der Waals surface area contributed by atoms with E-state index in [0.29, 0.717) is 6.42 Å². The first-order chi connectivity index (χ1) is 7.04. The quantitative estimate of drug-likeness (QED) is 0.712. The molecule has 2 saturated heterocycles. The second kappa shape index (κ2) is 3.70. The zero-order valence-electron chi connectivity index (χ0n) is 8.63. The highest BCUT2D eigenvalue weighted by molar-refractivity contribution is 5.76. The number of hydrogen-bond donors (Lipinski definition) is 1. The minimum absolute atomic E-state index is 0.145. The Morgan fingerprint density at radius 1 is 1.53 bits per heavy atom. The maximum atomic E-state index is 13.5. The molecule has 0 aromatic rings. The molecule has 3 rings (SSSR count). The predicted octanol–water partition coefficient (Wildman–Crippen LogP) is 1.33. The van der Waals surface area contributed by atoms with Crippen molar-refractivity contribution < 1.29 is 18.3 Å². The Labute approximate surface area is 87.2 Å². The smallest absolute Gasteiger partial charge is 0.323 e. The van der Waals surface area contributed by atoms with Gasteiger partial charge >= 0.3 is 5.97 Å².